The number of halogens is 2. The van der Waals surface area contributed by atoms with Crippen molar-refractivity contribution < 1.29 is 19.4 Å². The first kappa shape index (κ1) is 29.4. The third-order valence-electron chi connectivity index (χ3n) is 7.86. The van der Waals surface area contributed by atoms with Gasteiger partial charge in [0.15, 0.2) is 5.75 Å². The molecule has 2 unspecified atom stereocenters. The van der Waals surface area contributed by atoms with Gasteiger partial charge in [-0.2, -0.15) is 0 Å². The molecule has 1 amide bonds. The molecule has 1 aliphatic carbocycles. The second-order valence-electron chi connectivity index (χ2n) is 12.5. The highest BCUT2D eigenvalue weighted by Gasteiger charge is 2.53. The number of carbonyl (C=O) groups is 2. The van der Waals surface area contributed by atoms with Crippen LogP contribution in [0.3, 0.4) is 0 Å². The Labute approximate surface area is 241 Å². The summed E-state index contributed by atoms with van der Waals surface area (Å²) in [5.41, 5.74) is 1.33. The second-order valence-corrected chi connectivity index (χ2v) is 13.2. The van der Waals surface area contributed by atoms with Crippen molar-refractivity contribution in [3.8, 4) is 5.75 Å². The topological polar surface area (TPSA) is 79.2 Å². The molecule has 3 atom stereocenters. The zero-order valence-electron chi connectivity index (χ0n) is 23.6. The standard InChI is InChI=1S/C31H38Cl2N2O4/c1-18-15-19(2)17-31(16-18)34-26(22-11-12-23(32)27(36)25(22)33)28(37)35(31)24(13-14-30(3,4)5)20-7-9-21(10-8-20)29(38)39-6/h7-12,18-19,24,36H,13-17H2,1-6H3/t18?,19?,24-,31?/m1/s1. The smallest absolute Gasteiger partial charge is 0.337 e. The van der Waals surface area contributed by atoms with Crippen LogP contribution in [0.25, 0.3) is 0 Å². The minimum atomic E-state index is -0.744. The Morgan fingerprint density at radius 1 is 1.13 bits per heavy atom. The number of hydrogen-bond donors (Lipinski definition) is 1. The van der Waals surface area contributed by atoms with Gasteiger partial charge in [-0.15, -0.1) is 0 Å². The highest BCUT2D eigenvalue weighted by molar-refractivity contribution is 6.51. The van der Waals surface area contributed by atoms with Crippen LogP contribution in [-0.4, -0.2) is 40.4 Å². The average Bonchev–Trinajstić information content (AvgIpc) is 3.12. The number of methoxy groups -OCH3 is 1. The number of benzene rings is 2. The lowest BCUT2D eigenvalue weighted by Crippen LogP contribution is -2.52. The predicted molar refractivity (Wildman–Crippen MR) is 156 cm³/mol. The van der Waals surface area contributed by atoms with Crippen molar-refractivity contribution >= 4 is 40.8 Å². The number of carbonyl (C=O) groups excluding carboxylic acids is 2. The van der Waals surface area contributed by atoms with Crippen molar-refractivity contribution in [3.05, 3.63) is 63.1 Å². The largest absolute Gasteiger partial charge is 0.505 e. The summed E-state index contributed by atoms with van der Waals surface area (Å²) in [5.74, 6) is -0.139. The summed E-state index contributed by atoms with van der Waals surface area (Å²) >= 11 is 12.6. The zero-order valence-corrected chi connectivity index (χ0v) is 25.1. The molecule has 1 fully saturated rings. The van der Waals surface area contributed by atoms with Crippen LogP contribution >= 0.6 is 23.2 Å². The van der Waals surface area contributed by atoms with Crippen LogP contribution in [0.1, 0.15) is 94.2 Å². The Hall–Kier alpha value is -2.57. The number of aromatic hydroxyl groups is 1. The zero-order chi connectivity index (χ0) is 28.7. The van der Waals surface area contributed by atoms with Gasteiger partial charge in [0, 0.05) is 5.56 Å². The number of hydrogen-bond acceptors (Lipinski definition) is 5. The lowest BCUT2D eigenvalue weighted by atomic mass is 9.75. The number of esters is 1. The summed E-state index contributed by atoms with van der Waals surface area (Å²) < 4.78 is 4.89. The third-order valence-corrected chi connectivity index (χ3v) is 8.55. The van der Waals surface area contributed by atoms with Crippen molar-refractivity contribution in [1.29, 1.82) is 0 Å². The molecule has 2 aliphatic rings. The average molecular weight is 574 g/mol. The Bertz CT molecular complexity index is 1270. The van der Waals surface area contributed by atoms with Gasteiger partial charge in [-0.3, -0.25) is 9.79 Å². The van der Waals surface area contributed by atoms with Gasteiger partial charge in [-0.25, -0.2) is 4.79 Å². The molecule has 39 heavy (non-hydrogen) atoms. The molecule has 1 spiro atoms. The van der Waals surface area contributed by atoms with Crippen LogP contribution < -0.4 is 0 Å². The molecule has 210 valence electrons. The summed E-state index contributed by atoms with van der Waals surface area (Å²) in [6.45, 7) is 11.0. The summed E-state index contributed by atoms with van der Waals surface area (Å²) in [4.78, 5) is 33.7. The van der Waals surface area contributed by atoms with Crippen molar-refractivity contribution in [1.82, 2.24) is 4.90 Å². The fraction of sp³-hybridized carbons (Fsp3) is 0.516. The Morgan fingerprint density at radius 3 is 2.31 bits per heavy atom. The minimum absolute atomic E-state index is 0.0252. The predicted octanol–water partition coefficient (Wildman–Crippen LogP) is 7.84. The van der Waals surface area contributed by atoms with Crippen LogP contribution in [-0.2, 0) is 9.53 Å². The maximum Gasteiger partial charge on any atom is 0.337 e. The maximum absolute atomic E-state index is 14.4. The number of ether oxygens (including phenoxy) is 1. The molecule has 6 nitrogen and oxygen atoms in total. The summed E-state index contributed by atoms with van der Waals surface area (Å²) in [6, 6.07) is 10.2. The van der Waals surface area contributed by atoms with E-state index in [4.69, 9.17) is 32.9 Å². The van der Waals surface area contributed by atoms with Crippen molar-refractivity contribution in [2.24, 2.45) is 22.2 Å². The maximum atomic E-state index is 14.4. The van der Waals surface area contributed by atoms with Gasteiger partial charge in [0.05, 0.1) is 28.8 Å². The molecule has 0 bridgehead atoms. The lowest BCUT2D eigenvalue weighted by Gasteiger charge is -2.47. The Kier molecular flexibility index (Phi) is 8.39. The molecule has 1 heterocycles. The van der Waals surface area contributed by atoms with Crippen LogP contribution in [0.2, 0.25) is 10.0 Å². The van der Waals surface area contributed by atoms with E-state index in [2.05, 4.69) is 34.6 Å². The monoisotopic (exact) mass is 572 g/mol. The van der Waals surface area contributed by atoms with E-state index in [0.29, 0.717) is 23.0 Å². The molecule has 2 aromatic rings. The Morgan fingerprint density at radius 2 is 1.74 bits per heavy atom. The van der Waals surface area contributed by atoms with Gasteiger partial charge in [-0.1, -0.05) is 70.0 Å². The molecule has 1 aliphatic heterocycles. The lowest BCUT2D eigenvalue weighted by molar-refractivity contribution is -0.134. The molecular formula is C31H38Cl2N2O4. The van der Waals surface area contributed by atoms with Gasteiger partial charge in [-0.05, 0) is 79.2 Å². The van der Waals surface area contributed by atoms with E-state index < -0.39 is 11.6 Å². The van der Waals surface area contributed by atoms with E-state index in [-0.39, 0.29) is 38.9 Å². The van der Waals surface area contributed by atoms with E-state index in [1.54, 1.807) is 18.2 Å². The Balaban J connectivity index is 1.86. The molecule has 8 heteroatoms. The summed E-state index contributed by atoms with van der Waals surface area (Å²) in [5, 5.41) is 10.6. The van der Waals surface area contributed by atoms with Crippen molar-refractivity contribution in [3.63, 3.8) is 0 Å². The van der Waals surface area contributed by atoms with Gasteiger partial charge in [0.2, 0.25) is 0 Å². The van der Waals surface area contributed by atoms with Gasteiger partial charge in [0.1, 0.15) is 11.4 Å². The molecule has 1 saturated carbocycles. The fourth-order valence-corrected chi connectivity index (χ4v) is 6.72. The molecule has 1 N–H and O–H groups in total. The second kappa shape index (κ2) is 11.1. The van der Waals surface area contributed by atoms with Crippen LogP contribution in [0, 0.1) is 17.3 Å². The van der Waals surface area contributed by atoms with Gasteiger partial charge < -0.3 is 14.7 Å². The number of nitrogens with zero attached hydrogens (tertiary/aromatic N) is 2. The molecule has 0 aromatic heterocycles. The van der Waals surface area contributed by atoms with Gasteiger partial charge >= 0.3 is 5.97 Å². The quantitative estimate of drug-likeness (QED) is 0.357. The molecule has 4 rings (SSSR count). The molecule has 0 radical (unpaired) electrons. The normalized spacial score (nSPS) is 24.2. The highest BCUT2D eigenvalue weighted by Crippen LogP contribution is 2.50. The number of aliphatic imine (C=N–C) groups is 1. The number of phenols is 1. The fourth-order valence-electron chi connectivity index (χ4n) is 6.26. The third kappa shape index (κ3) is 5.97. The minimum Gasteiger partial charge on any atom is -0.505 e. The highest BCUT2D eigenvalue weighted by atomic mass is 35.5. The molecule has 0 saturated heterocycles. The van der Waals surface area contributed by atoms with Crippen LogP contribution in [0.4, 0.5) is 0 Å². The van der Waals surface area contributed by atoms with E-state index in [9.17, 15) is 14.7 Å². The number of phenolic OH excluding ortho intramolecular Hbond substituents is 1. The van der Waals surface area contributed by atoms with E-state index >= 15 is 0 Å². The van der Waals surface area contributed by atoms with Crippen LogP contribution in [0.15, 0.2) is 41.4 Å². The van der Waals surface area contributed by atoms with Crippen molar-refractivity contribution in [2.75, 3.05) is 7.11 Å². The van der Waals surface area contributed by atoms with Crippen LogP contribution in [0.5, 0.6) is 5.75 Å². The van der Waals surface area contributed by atoms with E-state index in [1.165, 1.54) is 13.2 Å². The molecular weight excluding hydrogens is 535 g/mol. The first-order valence-electron chi connectivity index (χ1n) is 13.6. The van der Waals surface area contributed by atoms with E-state index in [0.717, 1.165) is 37.7 Å². The number of rotatable bonds is 6. The van der Waals surface area contributed by atoms with Crippen molar-refractivity contribution in [2.45, 2.75) is 78.4 Å². The van der Waals surface area contributed by atoms with Gasteiger partial charge in [0.25, 0.3) is 5.91 Å². The SMILES string of the molecule is COC(=O)c1ccc([C@@H](CCC(C)(C)C)N2C(=O)C(c3ccc(Cl)c(O)c3Cl)=NC23CC(C)CC(C)C3)cc1. The summed E-state index contributed by atoms with van der Waals surface area (Å²) in [7, 11) is 1.36. The number of amides is 1. The molecule has 2 aromatic carbocycles. The van der Waals surface area contributed by atoms with E-state index in [1.807, 2.05) is 17.0 Å². The summed E-state index contributed by atoms with van der Waals surface area (Å²) in [6.07, 6.45) is 4.13. The first-order chi connectivity index (χ1) is 18.3. The first-order valence-corrected chi connectivity index (χ1v) is 14.3.